The quantitative estimate of drug-likeness (QED) is 0.909. The van der Waals surface area contributed by atoms with Crippen LogP contribution >= 0.6 is 0 Å². The van der Waals surface area contributed by atoms with Gasteiger partial charge in [0.15, 0.2) is 0 Å². The van der Waals surface area contributed by atoms with Crippen LogP contribution < -0.4 is 5.32 Å². The van der Waals surface area contributed by atoms with Gasteiger partial charge in [0.25, 0.3) is 0 Å². The van der Waals surface area contributed by atoms with Crippen molar-refractivity contribution in [1.29, 1.82) is 0 Å². The van der Waals surface area contributed by atoms with Gasteiger partial charge in [0.1, 0.15) is 11.6 Å². The summed E-state index contributed by atoms with van der Waals surface area (Å²) in [7, 11) is 5.83. The predicted molar refractivity (Wildman–Crippen MR) is 82.4 cm³/mol. The Morgan fingerprint density at radius 3 is 2.29 bits per heavy atom. The zero-order valence-corrected chi connectivity index (χ0v) is 13.5. The predicted octanol–water partition coefficient (Wildman–Crippen LogP) is 3.80. The van der Waals surface area contributed by atoms with Gasteiger partial charge in [-0.2, -0.15) is 0 Å². The van der Waals surface area contributed by atoms with E-state index in [1.54, 1.807) is 14.0 Å². The highest BCUT2D eigenvalue weighted by Gasteiger charge is 2.44. The van der Waals surface area contributed by atoms with Crippen molar-refractivity contribution in [3.63, 3.8) is 0 Å². The number of rotatable bonds is 4. The summed E-state index contributed by atoms with van der Waals surface area (Å²) < 4.78 is 28.9. The van der Waals surface area contributed by atoms with Crippen LogP contribution in [0.4, 0.5) is 8.78 Å². The second-order valence-corrected chi connectivity index (χ2v) is 6.37. The summed E-state index contributed by atoms with van der Waals surface area (Å²) >= 11 is 0. The lowest BCUT2D eigenvalue weighted by molar-refractivity contribution is 0.0565. The Hall–Kier alpha value is -1.00. The molecule has 2 rings (SSSR count). The molecule has 1 aliphatic rings. The molecule has 21 heavy (non-hydrogen) atoms. The average molecular weight is 296 g/mol. The monoisotopic (exact) mass is 296 g/mol. The smallest absolute Gasteiger partial charge is 0.133 e. The van der Waals surface area contributed by atoms with E-state index >= 15 is 0 Å². The molecule has 1 fully saturated rings. The van der Waals surface area contributed by atoms with Gasteiger partial charge in [-0.15, -0.1) is 0 Å². The van der Waals surface area contributed by atoms with Gasteiger partial charge in [0.2, 0.25) is 0 Å². The van der Waals surface area contributed by atoms with Gasteiger partial charge in [-0.05, 0) is 52.5 Å². The van der Waals surface area contributed by atoms with Crippen molar-refractivity contribution < 1.29 is 8.78 Å². The number of nitrogens with one attached hydrogen (secondary N) is 1. The van der Waals surface area contributed by atoms with E-state index in [1.165, 1.54) is 18.6 Å². The van der Waals surface area contributed by atoms with Crippen LogP contribution in [0.2, 0.25) is 0 Å². The van der Waals surface area contributed by atoms with E-state index in [2.05, 4.69) is 10.2 Å². The van der Waals surface area contributed by atoms with E-state index in [1.807, 2.05) is 14.1 Å². The van der Waals surface area contributed by atoms with Crippen LogP contribution in [0.5, 0.6) is 0 Å². The lowest BCUT2D eigenvalue weighted by atomic mass is 9.72. The molecule has 0 heterocycles. The van der Waals surface area contributed by atoms with E-state index in [0.29, 0.717) is 5.56 Å². The Morgan fingerprint density at radius 2 is 1.76 bits per heavy atom. The molecule has 0 spiro atoms. The first-order valence-corrected chi connectivity index (χ1v) is 7.73. The van der Waals surface area contributed by atoms with Gasteiger partial charge >= 0.3 is 0 Å². The molecule has 1 unspecified atom stereocenters. The standard InChI is InChI=1S/C17H26F2N2/c1-12-8-9-13(18)14(15(12)19)16(20-2)17(21(3)4)10-6-5-7-11-17/h8-9,16,20H,5-7,10-11H2,1-4H3. The van der Waals surface area contributed by atoms with Crippen LogP contribution in [0.15, 0.2) is 12.1 Å². The maximum absolute atomic E-state index is 14.6. The van der Waals surface area contributed by atoms with E-state index in [-0.39, 0.29) is 17.1 Å². The molecule has 0 aromatic heterocycles. The van der Waals surface area contributed by atoms with Crippen molar-refractivity contribution in [2.24, 2.45) is 0 Å². The Balaban J connectivity index is 2.54. The number of hydrogen-bond acceptors (Lipinski definition) is 2. The summed E-state index contributed by atoms with van der Waals surface area (Å²) in [5.41, 5.74) is 0.451. The van der Waals surface area contributed by atoms with Crippen LogP contribution in [-0.2, 0) is 0 Å². The van der Waals surface area contributed by atoms with Gasteiger partial charge < -0.3 is 10.2 Å². The number of likely N-dealkylation sites (N-methyl/N-ethyl adjacent to an activating group) is 2. The van der Waals surface area contributed by atoms with Gasteiger partial charge in [-0.3, -0.25) is 0 Å². The highest BCUT2D eigenvalue weighted by molar-refractivity contribution is 5.32. The number of nitrogens with zero attached hydrogens (tertiary/aromatic N) is 1. The third-order valence-corrected chi connectivity index (χ3v) is 5.04. The van der Waals surface area contributed by atoms with Crippen molar-refractivity contribution >= 4 is 0 Å². The SMILES string of the molecule is CNC(c1c(F)ccc(C)c1F)C1(N(C)C)CCCCC1. The van der Waals surface area contributed by atoms with E-state index < -0.39 is 11.6 Å². The third kappa shape index (κ3) is 2.84. The van der Waals surface area contributed by atoms with E-state index in [0.717, 1.165) is 25.7 Å². The maximum atomic E-state index is 14.6. The minimum Gasteiger partial charge on any atom is -0.311 e. The Labute approximate surface area is 126 Å². The normalized spacial score (nSPS) is 19.8. The summed E-state index contributed by atoms with van der Waals surface area (Å²) in [6.45, 7) is 1.69. The molecule has 1 N–H and O–H groups in total. The van der Waals surface area contributed by atoms with Crippen LogP contribution in [0.3, 0.4) is 0 Å². The summed E-state index contributed by atoms with van der Waals surface area (Å²) in [6.07, 6.45) is 5.32. The van der Waals surface area contributed by atoms with Crippen LogP contribution in [0.1, 0.15) is 49.3 Å². The first kappa shape index (κ1) is 16.4. The minimum atomic E-state index is -0.454. The van der Waals surface area contributed by atoms with Crippen molar-refractivity contribution in [3.8, 4) is 0 Å². The fourth-order valence-electron chi connectivity index (χ4n) is 3.78. The Bertz CT molecular complexity index is 494. The van der Waals surface area contributed by atoms with E-state index in [9.17, 15) is 8.78 Å². The summed E-state index contributed by atoms with van der Waals surface area (Å²) in [4.78, 5) is 2.15. The van der Waals surface area contributed by atoms with Crippen molar-refractivity contribution in [2.45, 2.75) is 50.6 Å². The van der Waals surface area contributed by atoms with Crippen LogP contribution in [-0.4, -0.2) is 31.6 Å². The highest BCUT2D eigenvalue weighted by Crippen LogP contribution is 2.43. The maximum Gasteiger partial charge on any atom is 0.133 e. The molecule has 0 bridgehead atoms. The lowest BCUT2D eigenvalue weighted by Crippen LogP contribution is -2.54. The first-order valence-electron chi connectivity index (χ1n) is 7.73. The topological polar surface area (TPSA) is 15.3 Å². The largest absolute Gasteiger partial charge is 0.311 e. The van der Waals surface area contributed by atoms with Crippen molar-refractivity contribution in [3.05, 3.63) is 34.9 Å². The van der Waals surface area contributed by atoms with Crippen LogP contribution in [0, 0.1) is 18.6 Å². The Kier molecular flexibility index (Phi) is 4.99. The highest BCUT2D eigenvalue weighted by atomic mass is 19.1. The average Bonchev–Trinajstić information content (AvgIpc) is 2.48. The summed E-state index contributed by atoms with van der Waals surface area (Å²) in [6, 6.07) is 2.54. The molecular formula is C17H26F2N2. The minimum absolute atomic E-state index is 0.188. The molecule has 0 amide bonds. The summed E-state index contributed by atoms with van der Waals surface area (Å²) in [5, 5.41) is 3.20. The molecule has 4 heteroatoms. The Morgan fingerprint density at radius 1 is 1.14 bits per heavy atom. The first-order chi connectivity index (χ1) is 9.94. The molecule has 118 valence electrons. The van der Waals surface area contributed by atoms with Gasteiger partial charge in [-0.1, -0.05) is 25.3 Å². The third-order valence-electron chi connectivity index (χ3n) is 5.04. The lowest BCUT2D eigenvalue weighted by Gasteiger charge is -2.48. The van der Waals surface area contributed by atoms with Gasteiger partial charge in [-0.25, -0.2) is 8.78 Å². The summed E-state index contributed by atoms with van der Waals surface area (Å²) in [5.74, 6) is -0.870. The molecule has 1 saturated carbocycles. The second-order valence-electron chi connectivity index (χ2n) is 6.37. The zero-order chi connectivity index (χ0) is 15.6. The molecule has 0 aliphatic heterocycles. The number of aryl methyl sites for hydroxylation is 1. The van der Waals surface area contributed by atoms with Crippen molar-refractivity contribution in [2.75, 3.05) is 21.1 Å². The van der Waals surface area contributed by atoms with Gasteiger partial charge in [0, 0.05) is 11.1 Å². The zero-order valence-electron chi connectivity index (χ0n) is 13.5. The molecule has 2 nitrogen and oxygen atoms in total. The molecule has 1 aliphatic carbocycles. The molecule has 1 atom stereocenters. The fourth-order valence-corrected chi connectivity index (χ4v) is 3.78. The number of benzene rings is 1. The molecule has 1 aromatic carbocycles. The molecule has 0 radical (unpaired) electrons. The number of halogens is 2. The number of hydrogen-bond donors (Lipinski definition) is 1. The van der Waals surface area contributed by atoms with Crippen molar-refractivity contribution in [1.82, 2.24) is 10.2 Å². The molecule has 0 saturated heterocycles. The second kappa shape index (κ2) is 6.41. The molecule has 1 aromatic rings. The fraction of sp³-hybridized carbons (Fsp3) is 0.647. The van der Waals surface area contributed by atoms with E-state index in [4.69, 9.17) is 0 Å². The molecular weight excluding hydrogens is 270 g/mol. The van der Waals surface area contributed by atoms with Gasteiger partial charge in [0.05, 0.1) is 6.04 Å². The van der Waals surface area contributed by atoms with Crippen LogP contribution in [0.25, 0.3) is 0 Å².